The number of fused-ring (bicyclic) bond motifs is 1. The lowest BCUT2D eigenvalue weighted by atomic mass is 9.92. The molecule has 3 aromatic heterocycles. The quantitative estimate of drug-likeness (QED) is 0.711. The maximum atomic E-state index is 13.6. The molecule has 3 heterocycles. The number of halogens is 2. The Labute approximate surface area is 155 Å². The maximum Gasteiger partial charge on any atom is 0.261 e. The van der Waals surface area contributed by atoms with E-state index >= 15 is 0 Å². The average Bonchev–Trinajstić information content (AvgIpc) is 3.05. The van der Waals surface area contributed by atoms with Crippen LogP contribution in [0.1, 0.15) is 24.7 Å². The highest BCUT2D eigenvalue weighted by Gasteiger charge is 2.38. The number of aromatic nitrogens is 4. The van der Waals surface area contributed by atoms with Crippen molar-refractivity contribution in [3.05, 3.63) is 36.0 Å². The highest BCUT2D eigenvalue weighted by Crippen LogP contribution is 2.35. The first-order valence-corrected chi connectivity index (χ1v) is 8.36. The Balaban J connectivity index is 2.24. The van der Waals surface area contributed by atoms with Gasteiger partial charge < -0.3 is 19.6 Å². The first-order chi connectivity index (χ1) is 12.8. The topological polar surface area (TPSA) is 87.6 Å². The summed E-state index contributed by atoms with van der Waals surface area (Å²) in [6, 6.07) is 1.49. The molecule has 0 aliphatic rings. The zero-order valence-electron chi connectivity index (χ0n) is 15.5. The first kappa shape index (κ1) is 19.0. The molecule has 1 atom stereocenters. The van der Waals surface area contributed by atoms with Crippen molar-refractivity contribution in [3.63, 3.8) is 0 Å². The monoisotopic (exact) mass is 377 g/mol. The van der Waals surface area contributed by atoms with Gasteiger partial charge in [0.05, 0.1) is 37.5 Å². The van der Waals surface area contributed by atoms with Gasteiger partial charge in [-0.3, -0.25) is 4.98 Å². The van der Waals surface area contributed by atoms with E-state index in [1.165, 1.54) is 26.5 Å². The van der Waals surface area contributed by atoms with Gasteiger partial charge in [-0.25, -0.2) is 18.7 Å². The van der Waals surface area contributed by atoms with Crippen LogP contribution in [0.4, 0.5) is 8.78 Å². The third kappa shape index (κ3) is 3.18. The molecule has 27 heavy (non-hydrogen) atoms. The van der Waals surface area contributed by atoms with Gasteiger partial charge in [-0.15, -0.1) is 0 Å². The smallest absolute Gasteiger partial charge is 0.261 e. The van der Waals surface area contributed by atoms with Gasteiger partial charge in [0.15, 0.2) is 0 Å². The van der Waals surface area contributed by atoms with Crippen LogP contribution >= 0.6 is 0 Å². The molecular weight excluding hydrogens is 356 g/mol. The largest absolute Gasteiger partial charge is 0.494 e. The van der Waals surface area contributed by atoms with E-state index in [0.29, 0.717) is 28.5 Å². The molecule has 0 fully saturated rings. The molecule has 2 N–H and O–H groups in total. The molecule has 9 heteroatoms. The fraction of sp³-hybridized carbons (Fsp3) is 0.389. The molecule has 0 saturated heterocycles. The van der Waals surface area contributed by atoms with Gasteiger partial charge in [0.25, 0.3) is 12.3 Å². The lowest BCUT2D eigenvalue weighted by Crippen LogP contribution is -2.44. The fourth-order valence-electron chi connectivity index (χ4n) is 2.87. The second-order valence-electron chi connectivity index (χ2n) is 6.21. The van der Waals surface area contributed by atoms with Crippen LogP contribution in [0.5, 0.6) is 11.6 Å². The van der Waals surface area contributed by atoms with Crippen molar-refractivity contribution in [2.45, 2.75) is 32.2 Å². The summed E-state index contributed by atoms with van der Waals surface area (Å²) in [5, 5.41) is 0. The molecule has 0 spiro atoms. The van der Waals surface area contributed by atoms with Gasteiger partial charge in [0, 0.05) is 18.0 Å². The van der Waals surface area contributed by atoms with Crippen molar-refractivity contribution < 1.29 is 18.3 Å². The minimum Gasteiger partial charge on any atom is -0.494 e. The summed E-state index contributed by atoms with van der Waals surface area (Å²) in [7, 11) is 2.96. The molecule has 0 saturated carbocycles. The molecular formula is C18H21F2N5O2. The highest BCUT2D eigenvalue weighted by molar-refractivity contribution is 5.69. The van der Waals surface area contributed by atoms with Gasteiger partial charge in [0.2, 0.25) is 5.65 Å². The van der Waals surface area contributed by atoms with Crippen LogP contribution in [0.3, 0.4) is 0 Å². The fourth-order valence-corrected chi connectivity index (χ4v) is 2.87. The number of ether oxygens (including phenoxy) is 2. The van der Waals surface area contributed by atoms with E-state index in [2.05, 4.69) is 15.0 Å². The summed E-state index contributed by atoms with van der Waals surface area (Å²) < 4.78 is 39.6. The number of hydrogen-bond donors (Lipinski definition) is 1. The molecule has 144 valence electrons. The number of imidazole rings is 1. The number of aryl methyl sites for hydroxylation is 1. The van der Waals surface area contributed by atoms with Crippen molar-refractivity contribution in [3.8, 4) is 22.9 Å². The predicted molar refractivity (Wildman–Crippen MR) is 96.2 cm³/mol. The molecule has 7 nitrogen and oxygen atoms in total. The normalized spacial score (nSPS) is 13.8. The second kappa shape index (κ2) is 7.07. The van der Waals surface area contributed by atoms with Crippen LogP contribution in [0.25, 0.3) is 16.9 Å². The second-order valence-corrected chi connectivity index (χ2v) is 6.21. The van der Waals surface area contributed by atoms with Crippen LogP contribution in [0.15, 0.2) is 24.7 Å². The minimum absolute atomic E-state index is 0.0277. The Morgan fingerprint density at radius 1 is 1.22 bits per heavy atom. The van der Waals surface area contributed by atoms with Crippen LogP contribution in [-0.2, 0) is 5.54 Å². The Morgan fingerprint density at radius 3 is 2.56 bits per heavy atom. The van der Waals surface area contributed by atoms with Crippen LogP contribution < -0.4 is 15.2 Å². The molecule has 3 rings (SSSR count). The molecule has 0 aliphatic carbocycles. The number of nitrogens with two attached hydrogens (primary N) is 1. The van der Waals surface area contributed by atoms with Gasteiger partial charge >= 0.3 is 0 Å². The van der Waals surface area contributed by atoms with Gasteiger partial charge in [-0.05, 0) is 19.4 Å². The van der Waals surface area contributed by atoms with E-state index in [1.54, 1.807) is 17.5 Å². The predicted octanol–water partition coefficient (Wildman–Crippen LogP) is 2.95. The summed E-state index contributed by atoms with van der Waals surface area (Å²) in [4.78, 5) is 12.9. The number of alkyl halides is 2. The Kier molecular flexibility index (Phi) is 4.97. The third-order valence-electron chi connectivity index (χ3n) is 4.54. The van der Waals surface area contributed by atoms with E-state index in [1.807, 2.05) is 13.1 Å². The molecule has 0 aromatic carbocycles. The van der Waals surface area contributed by atoms with Crippen molar-refractivity contribution in [2.24, 2.45) is 5.73 Å². The van der Waals surface area contributed by atoms with Gasteiger partial charge in [-0.2, -0.15) is 0 Å². The van der Waals surface area contributed by atoms with E-state index < -0.39 is 12.0 Å². The molecule has 1 unspecified atom stereocenters. The van der Waals surface area contributed by atoms with E-state index in [4.69, 9.17) is 15.2 Å². The number of pyridine rings is 1. The summed E-state index contributed by atoms with van der Waals surface area (Å²) in [5.41, 5.74) is 6.44. The van der Waals surface area contributed by atoms with Crippen LogP contribution in [0.2, 0.25) is 0 Å². The Morgan fingerprint density at radius 2 is 1.96 bits per heavy atom. The Hall–Kier alpha value is -2.81. The number of methoxy groups -OCH3 is 2. The van der Waals surface area contributed by atoms with Gasteiger partial charge in [0.1, 0.15) is 11.3 Å². The average molecular weight is 377 g/mol. The summed E-state index contributed by atoms with van der Waals surface area (Å²) in [5.74, 6) is 0.696. The highest BCUT2D eigenvalue weighted by atomic mass is 19.3. The van der Waals surface area contributed by atoms with Crippen molar-refractivity contribution in [1.82, 2.24) is 19.4 Å². The van der Waals surface area contributed by atoms with Crippen molar-refractivity contribution >= 4 is 5.65 Å². The maximum absolute atomic E-state index is 13.6. The van der Waals surface area contributed by atoms with E-state index in [9.17, 15) is 8.78 Å². The molecule has 0 amide bonds. The molecule has 0 bridgehead atoms. The summed E-state index contributed by atoms with van der Waals surface area (Å²) in [6.07, 6.45) is 2.18. The Bertz CT molecular complexity index is 976. The zero-order chi connectivity index (χ0) is 19.8. The zero-order valence-corrected chi connectivity index (χ0v) is 15.5. The van der Waals surface area contributed by atoms with Crippen molar-refractivity contribution in [1.29, 1.82) is 0 Å². The number of nitrogens with zero attached hydrogens (tertiary/aromatic N) is 4. The third-order valence-corrected chi connectivity index (χ3v) is 4.54. The SMILES string of the molecule is CCC(N)(c1cc(-c2cn3cc(C)nc3c(OC)n2)c(OC)cn1)C(F)F. The van der Waals surface area contributed by atoms with Crippen molar-refractivity contribution in [2.75, 3.05) is 14.2 Å². The standard InChI is InChI=1S/C18H21F2N5O2/c1-5-18(21,17(19)20)14-6-11(13(26-3)7-22-14)12-9-25-8-10(2)23-15(25)16(24-12)27-4/h6-9,17H,5,21H2,1-4H3. The molecule has 0 aliphatic heterocycles. The molecule has 0 radical (unpaired) electrons. The van der Waals surface area contributed by atoms with Crippen LogP contribution in [0, 0.1) is 6.92 Å². The summed E-state index contributed by atoms with van der Waals surface area (Å²) >= 11 is 0. The first-order valence-electron chi connectivity index (χ1n) is 8.36. The van der Waals surface area contributed by atoms with E-state index in [0.717, 1.165) is 5.69 Å². The number of hydrogen-bond acceptors (Lipinski definition) is 6. The molecule has 3 aromatic rings. The van der Waals surface area contributed by atoms with Crippen LogP contribution in [-0.4, -0.2) is 40.0 Å². The minimum atomic E-state index is -2.77. The lowest BCUT2D eigenvalue weighted by Gasteiger charge is -2.27. The summed E-state index contributed by atoms with van der Waals surface area (Å²) in [6.45, 7) is 3.45. The number of rotatable bonds is 6. The lowest BCUT2D eigenvalue weighted by molar-refractivity contribution is 0.0469. The van der Waals surface area contributed by atoms with Gasteiger partial charge in [-0.1, -0.05) is 6.92 Å². The van der Waals surface area contributed by atoms with E-state index in [-0.39, 0.29) is 12.1 Å².